The smallest absolute Gasteiger partial charge is 0.261 e. The lowest BCUT2D eigenvalue weighted by atomic mass is 10.0. The summed E-state index contributed by atoms with van der Waals surface area (Å²) in [6.45, 7) is 2.27. The third kappa shape index (κ3) is 2.12. The van der Waals surface area contributed by atoms with Gasteiger partial charge in [0.15, 0.2) is 11.5 Å². The van der Waals surface area contributed by atoms with Crippen molar-refractivity contribution >= 4 is 16.6 Å². The van der Waals surface area contributed by atoms with Crippen LogP contribution in [0.25, 0.3) is 22.4 Å². The Morgan fingerprint density at radius 2 is 2.04 bits per heavy atom. The molecule has 126 valence electrons. The molecule has 1 saturated carbocycles. The number of hydrogen-bond donors (Lipinski definition) is 0. The predicted molar refractivity (Wildman–Crippen MR) is 93.9 cm³/mol. The largest absolute Gasteiger partial charge is 0.294 e. The minimum absolute atomic E-state index is 0.0457. The first kappa shape index (κ1) is 14.4. The first-order valence-electron chi connectivity index (χ1n) is 8.42. The van der Waals surface area contributed by atoms with Crippen molar-refractivity contribution in [2.24, 2.45) is 12.5 Å². The van der Waals surface area contributed by atoms with Crippen LogP contribution in [0.1, 0.15) is 25.5 Å². The minimum Gasteiger partial charge on any atom is -0.294 e. The molecule has 25 heavy (non-hydrogen) atoms. The van der Waals surface area contributed by atoms with Gasteiger partial charge in [-0.1, -0.05) is 24.3 Å². The molecular weight excluding hydrogens is 316 g/mol. The van der Waals surface area contributed by atoms with Crippen LogP contribution in [0, 0.1) is 5.41 Å². The van der Waals surface area contributed by atoms with Crippen molar-refractivity contribution in [1.29, 1.82) is 0 Å². The number of imidazole rings is 1. The highest BCUT2D eigenvalue weighted by Gasteiger charge is 2.38. The number of hydrogen-bond acceptors (Lipinski definition) is 4. The molecule has 0 N–H and O–H groups in total. The van der Waals surface area contributed by atoms with Crippen LogP contribution in [-0.4, -0.2) is 28.9 Å². The zero-order chi connectivity index (χ0) is 17.2. The summed E-state index contributed by atoms with van der Waals surface area (Å²) in [6.07, 6.45) is 7.07. The zero-order valence-electron chi connectivity index (χ0n) is 14.2. The molecule has 0 bridgehead atoms. The Morgan fingerprint density at radius 1 is 1.24 bits per heavy atom. The number of nitrogens with zero attached hydrogens (tertiary/aromatic N) is 6. The maximum Gasteiger partial charge on any atom is 0.261 e. The Balaban J connectivity index is 1.71. The number of fused-ring (bicyclic) bond motifs is 3. The van der Waals surface area contributed by atoms with Gasteiger partial charge in [0.25, 0.3) is 5.56 Å². The predicted octanol–water partition coefficient (Wildman–Crippen LogP) is 2.11. The van der Waals surface area contributed by atoms with E-state index in [1.165, 1.54) is 12.8 Å². The van der Waals surface area contributed by atoms with Crippen molar-refractivity contribution in [1.82, 2.24) is 28.9 Å². The quantitative estimate of drug-likeness (QED) is 0.575. The van der Waals surface area contributed by atoms with Crippen LogP contribution in [0.4, 0.5) is 0 Å². The number of benzene rings is 1. The van der Waals surface area contributed by atoms with Crippen molar-refractivity contribution in [3.63, 3.8) is 0 Å². The zero-order valence-corrected chi connectivity index (χ0v) is 14.2. The highest BCUT2D eigenvalue weighted by Crippen LogP contribution is 2.47. The Hall–Kier alpha value is -2.96. The van der Waals surface area contributed by atoms with Crippen LogP contribution >= 0.6 is 0 Å². The van der Waals surface area contributed by atoms with E-state index in [0.29, 0.717) is 22.3 Å². The van der Waals surface area contributed by atoms with Crippen molar-refractivity contribution in [2.45, 2.75) is 26.2 Å². The molecule has 0 radical (unpaired) electrons. The molecule has 1 aromatic carbocycles. The van der Waals surface area contributed by atoms with E-state index < -0.39 is 0 Å². The Bertz CT molecular complexity index is 1180. The summed E-state index contributed by atoms with van der Waals surface area (Å²) in [6, 6.07) is 7.55. The fourth-order valence-corrected chi connectivity index (χ4v) is 3.43. The van der Waals surface area contributed by atoms with Gasteiger partial charge in [-0.2, -0.15) is 4.68 Å². The molecular formula is C18H18N6O. The van der Waals surface area contributed by atoms with Crippen LogP contribution < -0.4 is 5.56 Å². The fourth-order valence-electron chi connectivity index (χ4n) is 3.43. The van der Waals surface area contributed by atoms with Crippen molar-refractivity contribution < 1.29 is 0 Å². The van der Waals surface area contributed by atoms with Gasteiger partial charge in [0, 0.05) is 7.05 Å². The molecule has 0 amide bonds. The maximum atomic E-state index is 12.7. The molecule has 0 atom stereocenters. The standard InChI is InChI=1S/C18H18N6O/c1-18(7-8-18)9-12-10-24(21-20-12)15-16-22(2)17(25)13-5-3-4-6-14(13)23(16)11-19-15/h3-6,10-11H,7-9H2,1-2H3. The van der Waals surface area contributed by atoms with Crippen molar-refractivity contribution in [3.8, 4) is 5.82 Å². The van der Waals surface area contributed by atoms with E-state index in [1.54, 1.807) is 22.6 Å². The first-order chi connectivity index (χ1) is 12.1. The molecule has 0 saturated heterocycles. The van der Waals surface area contributed by atoms with Gasteiger partial charge in [-0.3, -0.25) is 13.8 Å². The summed E-state index contributed by atoms with van der Waals surface area (Å²) in [7, 11) is 1.76. The highest BCUT2D eigenvalue weighted by atomic mass is 16.1. The van der Waals surface area contributed by atoms with Gasteiger partial charge in [-0.15, -0.1) is 5.10 Å². The summed E-state index contributed by atoms with van der Waals surface area (Å²) in [5, 5.41) is 9.21. The average molecular weight is 334 g/mol. The van der Waals surface area contributed by atoms with Crippen LogP contribution in [0.5, 0.6) is 0 Å². The molecule has 7 nitrogen and oxygen atoms in total. The first-order valence-corrected chi connectivity index (χ1v) is 8.42. The summed E-state index contributed by atoms with van der Waals surface area (Å²) < 4.78 is 5.22. The number of aromatic nitrogens is 6. The van der Waals surface area contributed by atoms with Crippen molar-refractivity contribution in [3.05, 3.63) is 52.8 Å². The third-order valence-electron chi connectivity index (χ3n) is 5.21. The van der Waals surface area contributed by atoms with E-state index in [1.807, 2.05) is 34.9 Å². The third-order valence-corrected chi connectivity index (χ3v) is 5.21. The Morgan fingerprint density at radius 3 is 2.84 bits per heavy atom. The van der Waals surface area contributed by atoms with Crippen LogP contribution in [0.3, 0.4) is 0 Å². The fraction of sp³-hybridized carbons (Fsp3) is 0.333. The lowest BCUT2D eigenvalue weighted by Gasteiger charge is -2.08. The van der Waals surface area contributed by atoms with E-state index in [2.05, 4.69) is 22.2 Å². The molecule has 5 rings (SSSR count). The van der Waals surface area contributed by atoms with Crippen molar-refractivity contribution in [2.75, 3.05) is 0 Å². The van der Waals surface area contributed by atoms with E-state index >= 15 is 0 Å². The average Bonchev–Trinajstić information content (AvgIpc) is 3.02. The molecule has 0 spiro atoms. The normalized spacial score (nSPS) is 15.9. The summed E-state index contributed by atoms with van der Waals surface area (Å²) in [5.74, 6) is 0.616. The van der Waals surface area contributed by atoms with Gasteiger partial charge in [-0.05, 0) is 36.8 Å². The highest BCUT2D eigenvalue weighted by molar-refractivity contribution is 5.82. The lowest BCUT2D eigenvalue weighted by Crippen LogP contribution is -2.20. The second-order valence-corrected chi connectivity index (χ2v) is 7.28. The van der Waals surface area contributed by atoms with Gasteiger partial charge in [0.05, 0.1) is 22.8 Å². The minimum atomic E-state index is -0.0457. The van der Waals surface area contributed by atoms with E-state index in [-0.39, 0.29) is 5.56 Å². The van der Waals surface area contributed by atoms with Crippen LogP contribution in [0.15, 0.2) is 41.6 Å². The van der Waals surface area contributed by atoms with Gasteiger partial charge in [0.1, 0.15) is 6.33 Å². The SMILES string of the molecule is Cn1c(=O)c2ccccc2n2cnc(-n3cc(CC4(C)CC4)nn3)c12. The second kappa shape index (κ2) is 4.78. The van der Waals surface area contributed by atoms with E-state index in [0.717, 1.165) is 17.6 Å². The monoisotopic (exact) mass is 334 g/mol. The molecule has 1 aliphatic carbocycles. The topological polar surface area (TPSA) is 70.0 Å². The van der Waals surface area contributed by atoms with Crippen LogP contribution in [-0.2, 0) is 13.5 Å². The number of rotatable bonds is 3. The molecule has 0 unspecified atom stereocenters. The Kier molecular flexibility index (Phi) is 2.75. The molecule has 1 aliphatic rings. The summed E-state index contributed by atoms with van der Waals surface area (Å²) >= 11 is 0. The van der Waals surface area contributed by atoms with Gasteiger partial charge >= 0.3 is 0 Å². The van der Waals surface area contributed by atoms with Crippen LogP contribution in [0.2, 0.25) is 0 Å². The molecule has 1 fully saturated rings. The summed E-state index contributed by atoms with van der Waals surface area (Å²) in [5.41, 5.74) is 2.84. The maximum absolute atomic E-state index is 12.7. The molecule has 3 heterocycles. The molecule has 0 aliphatic heterocycles. The van der Waals surface area contributed by atoms with E-state index in [9.17, 15) is 4.79 Å². The second-order valence-electron chi connectivity index (χ2n) is 7.28. The van der Waals surface area contributed by atoms with E-state index in [4.69, 9.17) is 0 Å². The van der Waals surface area contributed by atoms with Gasteiger partial charge in [-0.25, -0.2) is 4.98 Å². The number of aryl methyl sites for hydroxylation is 1. The van der Waals surface area contributed by atoms with Gasteiger partial charge < -0.3 is 0 Å². The molecule has 7 heteroatoms. The Labute approximate surface area is 143 Å². The lowest BCUT2D eigenvalue weighted by molar-refractivity contribution is 0.560. The van der Waals surface area contributed by atoms with Gasteiger partial charge in [0.2, 0.25) is 0 Å². The summed E-state index contributed by atoms with van der Waals surface area (Å²) in [4.78, 5) is 17.2. The number of para-hydroxylation sites is 1. The molecule has 3 aromatic heterocycles. The molecule has 4 aromatic rings.